The first-order valence-electron chi connectivity index (χ1n) is 0.896. The molecule has 0 atom stereocenters. The van der Waals surface area contributed by atoms with Gasteiger partial charge in [0.15, 0.2) is 0 Å². The van der Waals surface area contributed by atoms with Crippen molar-refractivity contribution in [2.75, 3.05) is 0 Å². The third-order valence-corrected chi connectivity index (χ3v) is 0.182. The number of hydrogen-bond donors (Lipinski definition) is 1. The monoisotopic (exact) mass is 156 g/mol. The molecule has 0 aliphatic carbocycles. The van der Waals surface area contributed by atoms with Crippen LogP contribution in [0.4, 0.5) is 0 Å². The Morgan fingerprint density at radius 3 is 1.00 bits per heavy atom. The fraction of sp³-hybridized carbons (Fsp3) is 0. The van der Waals surface area contributed by atoms with Gasteiger partial charge in [0.25, 0.3) is 0 Å². The summed E-state index contributed by atoms with van der Waals surface area (Å²) < 4.78 is 0. The SMILES string of the molecule is O.O.O.O.OB1OO1.[NaH]. The summed E-state index contributed by atoms with van der Waals surface area (Å²) in [6.45, 7) is 0. The van der Waals surface area contributed by atoms with E-state index in [4.69, 9.17) is 5.02 Å². The molecule has 1 saturated heterocycles. The molecule has 0 radical (unpaired) electrons. The van der Waals surface area contributed by atoms with Crippen molar-refractivity contribution in [3.8, 4) is 0 Å². The Morgan fingerprint density at radius 2 is 1.00 bits per heavy atom. The zero-order valence-corrected chi connectivity index (χ0v) is 3.84. The Hall–Kier alpha value is 0.785. The Kier molecular flexibility index (Phi) is 58.3. The van der Waals surface area contributed by atoms with Crippen LogP contribution in [-0.2, 0) is 9.61 Å². The van der Waals surface area contributed by atoms with E-state index in [0.29, 0.717) is 0 Å². The summed E-state index contributed by atoms with van der Waals surface area (Å²) in [6.07, 6.45) is 0. The average Bonchev–Trinajstić information content (AvgIpc) is 1.75. The maximum absolute atomic E-state index is 7.72. The van der Waals surface area contributed by atoms with Gasteiger partial charge < -0.3 is 26.9 Å². The molecule has 1 heterocycles. The molecule has 0 spiro atoms. The van der Waals surface area contributed by atoms with Gasteiger partial charge in [-0.05, 0) is 0 Å². The van der Waals surface area contributed by atoms with Gasteiger partial charge in [-0.25, -0.2) is 9.61 Å². The topological polar surface area (TPSA) is 171 Å². The summed E-state index contributed by atoms with van der Waals surface area (Å²) in [4.78, 5) is 7.53. The van der Waals surface area contributed by atoms with Crippen molar-refractivity contribution >= 4 is 36.9 Å². The molecule has 1 fully saturated rings. The van der Waals surface area contributed by atoms with Crippen LogP contribution in [-0.4, -0.2) is 63.8 Å². The fourth-order valence-corrected chi connectivity index (χ4v) is 0.0248. The van der Waals surface area contributed by atoms with E-state index >= 15 is 0 Å². The van der Waals surface area contributed by atoms with Crippen LogP contribution < -0.4 is 0 Å². The van der Waals surface area contributed by atoms with Gasteiger partial charge in [0, 0.05) is 0 Å². The second kappa shape index (κ2) is 15.9. The predicted molar refractivity (Wildman–Crippen MR) is 31.7 cm³/mol. The molecule has 9 N–H and O–H groups in total. The normalized spacial score (nSPS) is 9.67. The Morgan fingerprint density at radius 1 is 0.889 bits per heavy atom. The molecule has 7 nitrogen and oxygen atoms in total. The van der Waals surface area contributed by atoms with Crippen LogP contribution in [0.2, 0.25) is 0 Å². The van der Waals surface area contributed by atoms with Gasteiger partial charge in [0.1, 0.15) is 0 Å². The fourth-order valence-electron chi connectivity index (χ4n) is 0.0248. The molecule has 0 saturated carbocycles. The maximum atomic E-state index is 7.72. The van der Waals surface area contributed by atoms with Crippen LogP contribution in [0.1, 0.15) is 0 Å². The van der Waals surface area contributed by atoms with Crippen molar-refractivity contribution in [2.24, 2.45) is 0 Å². The van der Waals surface area contributed by atoms with E-state index in [0.717, 1.165) is 0 Å². The molecule has 0 unspecified atom stereocenters. The molecular formula is H10BNaO7. The van der Waals surface area contributed by atoms with Crippen LogP contribution in [0.5, 0.6) is 0 Å². The van der Waals surface area contributed by atoms with Crippen molar-refractivity contribution in [1.82, 2.24) is 0 Å². The average molecular weight is 156 g/mol. The van der Waals surface area contributed by atoms with Crippen LogP contribution in [0.3, 0.4) is 0 Å². The summed E-state index contributed by atoms with van der Waals surface area (Å²) in [5, 5.41) is 7.72. The summed E-state index contributed by atoms with van der Waals surface area (Å²) in [7, 11) is -0.917. The van der Waals surface area contributed by atoms with Crippen molar-refractivity contribution < 1.29 is 36.5 Å². The summed E-state index contributed by atoms with van der Waals surface area (Å²) in [6, 6.07) is 0. The van der Waals surface area contributed by atoms with E-state index in [1.54, 1.807) is 0 Å². The Labute approximate surface area is 73.6 Å². The van der Waals surface area contributed by atoms with Gasteiger partial charge in [-0.1, -0.05) is 0 Å². The summed E-state index contributed by atoms with van der Waals surface area (Å²) >= 11 is 0. The standard InChI is InChI=1S/BHO3.Na.4H2O.H/c2-1-3-4-1;;;;;;/h2H;;4*1H2;. The summed E-state index contributed by atoms with van der Waals surface area (Å²) in [5.41, 5.74) is 0. The van der Waals surface area contributed by atoms with Crippen molar-refractivity contribution in [3.05, 3.63) is 0 Å². The van der Waals surface area contributed by atoms with E-state index < -0.39 is 7.32 Å². The molecule has 9 heteroatoms. The summed E-state index contributed by atoms with van der Waals surface area (Å²) in [5.74, 6) is 0. The minimum absolute atomic E-state index is 0. The predicted octanol–water partition coefficient (Wildman–Crippen LogP) is -5.02. The molecule has 1 aliphatic rings. The first-order chi connectivity index (χ1) is 1.89. The third-order valence-electron chi connectivity index (χ3n) is 0.182. The van der Waals surface area contributed by atoms with E-state index in [1.165, 1.54) is 0 Å². The van der Waals surface area contributed by atoms with E-state index in [9.17, 15) is 0 Å². The molecule has 1 aliphatic heterocycles. The van der Waals surface area contributed by atoms with Crippen molar-refractivity contribution in [2.45, 2.75) is 0 Å². The second-order valence-electron chi connectivity index (χ2n) is 0.499. The third kappa shape index (κ3) is 28.2. The Bertz CT molecular complexity index is 28.1. The number of hydrogen-bond acceptors (Lipinski definition) is 3. The molecule has 0 aromatic carbocycles. The van der Waals surface area contributed by atoms with Gasteiger partial charge in [0.05, 0.1) is 0 Å². The molecule has 0 amide bonds. The first kappa shape index (κ1) is 33.0. The van der Waals surface area contributed by atoms with Crippen molar-refractivity contribution in [1.29, 1.82) is 0 Å². The molecule has 9 heavy (non-hydrogen) atoms. The quantitative estimate of drug-likeness (QED) is 0.210. The van der Waals surface area contributed by atoms with E-state index in [1.807, 2.05) is 0 Å². The second-order valence-corrected chi connectivity index (χ2v) is 0.499. The zero-order chi connectivity index (χ0) is 2.99. The molecule has 0 aromatic rings. The minimum atomic E-state index is -0.917. The van der Waals surface area contributed by atoms with Crippen LogP contribution in [0, 0.1) is 0 Å². The van der Waals surface area contributed by atoms with Gasteiger partial charge in [0.2, 0.25) is 0 Å². The molecular weight excluding hydrogens is 146 g/mol. The van der Waals surface area contributed by atoms with Crippen LogP contribution in [0.25, 0.3) is 0 Å². The molecule has 0 bridgehead atoms. The molecule has 56 valence electrons. The van der Waals surface area contributed by atoms with Gasteiger partial charge in [-0.3, -0.25) is 0 Å². The van der Waals surface area contributed by atoms with Crippen LogP contribution in [0.15, 0.2) is 0 Å². The first-order valence-corrected chi connectivity index (χ1v) is 0.896. The van der Waals surface area contributed by atoms with Gasteiger partial charge in [-0.15, -0.1) is 0 Å². The van der Waals surface area contributed by atoms with E-state index in [2.05, 4.69) is 9.61 Å². The van der Waals surface area contributed by atoms with Gasteiger partial charge >= 0.3 is 36.9 Å². The van der Waals surface area contributed by atoms with Crippen LogP contribution >= 0.6 is 0 Å². The zero-order valence-electron chi connectivity index (χ0n) is 3.84. The van der Waals surface area contributed by atoms with Crippen molar-refractivity contribution in [3.63, 3.8) is 0 Å². The Balaban J connectivity index is -0.0000000107. The molecule has 0 aromatic heterocycles. The molecule has 1 rings (SSSR count). The number of rotatable bonds is 0. The van der Waals surface area contributed by atoms with E-state index in [-0.39, 0.29) is 51.5 Å². The van der Waals surface area contributed by atoms with Gasteiger partial charge in [-0.2, -0.15) is 0 Å².